The number of rotatable bonds is 5. The second-order valence-corrected chi connectivity index (χ2v) is 6.48. The van der Waals surface area contributed by atoms with Gasteiger partial charge in [0.15, 0.2) is 5.11 Å². The molecule has 4 nitrogen and oxygen atoms in total. The Morgan fingerprint density at radius 1 is 0.963 bits per heavy atom. The zero-order valence-corrected chi connectivity index (χ0v) is 15.8. The van der Waals surface area contributed by atoms with Crippen molar-refractivity contribution in [1.82, 2.24) is 5.32 Å². The minimum atomic E-state index is -0.237. The first-order chi connectivity index (χ1) is 13.1. The number of aryl methyl sites for hydroxylation is 1. The number of benzene rings is 3. The number of thiocarbonyl (C=S) groups is 1. The van der Waals surface area contributed by atoms with Crippen molar-refractivity contribution in [1.29, 1.82) is 0 Å². The fourth-order valence-electron chi connectivity index (χ4n) is 2.50. The quantitative estimate of drug-likeness (QED) is 0.634. The van der Waals surface area contributed by atoms with E-state index in [1.165, 1.54) is 0 Å². The summed E-state index contributed by atoms with van der Waals surface area (Å²) in [6, 6.07) is 24.8. The Morgan fingerprint density at radius 2 is 1.70 bits per heavy atom. The smallest absolute Gasteiger partial charge is 0.257 e. The van der Waals surface area contributed by atoms with Gasteiger partial charge < -0.3 is 10.1 Å². The average Bonchev–Trinajstić information content (AvgIpc) is 2.68. The Labute approximate surface area is 164 Å². The summed E-state index contributed by atoms with van der Waals surface area (Å²) in [7, 11) is 0. The molecule has 0 aliphatic heterocycles. The molecule has 0 unspecified atom stereocenters. The fraction of sp³-hybridized carbons (Fsp3) is 0.0909. The molecule has 0 aliphatic rings. The fourth-order valence-corrected chi connectivity index (χ4v) is 2.71. The summed E-state index contributed by atoms with van der Waals surface area (Å²) in [5.41, 5.74) is 3.48. The lowest BCUT2D eigenvalue weighted by atomic mass is 10.1. The van der Waals surface area contributed by atoms with Gasteiger partial charge in [-0.05, 0) is 61.1 Å². The zero-order valence-electron chi connectivity index (χ0n) is 14.9. The monoisotopic (exact) mass is 376 g/mol. The van der Waals surface area contributed by atoms with Crippen molar-refractivity contribution in [2.75, 3.05) is 5.32 Å². The second-order valence-electron chi connectivity index (χ2n) is 6.08. The molecule has 0 atom stereocenters. The van der Waals surface area contributed by atoms with Gasteiger partial charge in [-0.15, -0.1) is 0 Å². The number of nitrogens with one attached hydrogen (secondary N) is 2. The van der Waals surface area contributed by atoms with Crippen molar-refractivity contribution in [2.45, 2.75) is 13.5 Å². The molecule has 0 aromatic heterocycles. The van der Waals surface area contributed by atoms with Gasteiger partial charge in [-0.2, -0.15) is 0 Å². The van der Waals surface area contributed by atoms with Gasteiger partial charge in [0.1, 0.15) is 12.4 Å². The molecule has 27 heavy (non-hydrogen) atoms. The van der Waals surface area contributed by atoms with Gasteiger partial charge in [0.05, 0.1) is 0 Å². The SMILES string of the molecule is Cc1cccc(C(=O)NC(=S)Nc2ccc(OCc3ccccc3)cc2)c1. The molecule has 0 heterocycles. The van der Waals surface area contributed by atoms with Crippen LogP contribution in [0.2, 0.25) is 0 Å². The largest absolute Gasteiger partial charge is 0.489 e. The highest BCUT2D eigenvalue weighted by atomic mass is 32.1. The van der Waals surface area contributed by atoms with Crippen LogP contribution >= 0.6 is 12.2 Å². The normalized spacial score (nSPS) is 10.1. The van der Waals surface area contributed by atoms with E-state index >= 15 is 0 Å². The molecule has 0 saturated carbocycles. The van der Waals surface area contributed by atoms with E-state index in [4.69, 9.17) is 17.0 Å². The molecule has 3 aromatic carbocycles. The van der Waals surface area contributed by atoms with Gasteiger partial charge in [-0.25, -0.2) is 0 Å². The van der Waals surface area contributed by atoms with Crippen LogP contribution in [-0.4, -0.2) is 11.0 Å². The van der Waals surface area contributed by atoms with E-state index in [2.05, 4.69) is 10.6 Å². The van der Waals surface area contributed by atoms with Crippen molar-refractivity contribution in [2.24, 2.45) is 0 Å². The van der Waals surface area contributed by atoms with Crippen LogP contribution in [0, 0.1) is 6.92 Å². The maximum absolute atomic E-state index is 12.2. The van der Waals surface area contributed by atoms with Crippen LogP contribution in [0.15, 0.2) is 78.9 Å². The third kappa shape index (κ3) is 5.66. The van der Waals surface area contributed by atoms with Crippen LogP contribution in [0.3, 0.4) is 0 Å². The van der Waals surface area contributed by atoms with Crippen molar-refractivity contribution in [3.8, 4) is 5.75 Å². The van der Waals surface area contributed by atoms with E-state index in [0.717, 1.165) is 22.6 Å². The van der Waals surface area contributed by atoms with Crippen molar-refractivity contribution in [3.05, 3.63) is 95.6 Å². The van der Waals surface area contributed by atoms with E-state index in [1.54, 1.807) is 6.07 Å². The highest BCUT2D eigenvalue weighted by Crippen LogP contribution is 2.17. The first kappa shape index (κ1) is 18.6. The standard InChI is InChI=1S/C22H20N2O2S/c1-16-6-5-9-18(14-16)21(25)24-22(27)23-19-10-12-20(13-11-19)26-15-17-7-3-2-4-8-17/h2-14H,15H2,1H3,(H2,23,24,25,27). The molecular weight excluding hydrogens is 356 g/mol. The van der Waals surface area contributed by atoms with Gasteiger partial charge in [0.2, 0.25) is 0 Å². The maximum atomic E-state index is 12.2. The molecule has 0 bridgehead atoms. The second kappa shape index (κ2) is 8.96. The first-order valence-corrected chi connectivity index (χ1v) is 8.97. The number of hydrogen-bond donors (Lipinski definition) is 2. The van der Waals surface area contributed by atoms with Gasteiger partial charge in [0, 0.05) is 11.3 Å². The molecular formula is C22H20N2O2S. The summed E-state index contributed by atoms with van der Waals surface area (Å²) in [6.45, 7) is 2.45. The predicted octanol–water partition coefficient (Wildman–Crippen LogP) is 4.70. The molecule has 0 aliphatic carbocycles. The van der Waals surface area contributed by atoms with Crippen LogP contribution in [0.4, 0.5) is 5.69 Å². The summed E-state index contributed by atoms with van der Waals surface area (Å²) < 4.78 is 5.76. The van der Waals surface area contributed by atoms with Crippen molar-refractivity contribution in [3.63, 3.8) is 0 Å². The molecule has 1 amide bonds. The van der Waals surface area contributed by atoms with E-state index in [9.17, 15) is 4.79 Å². The molecule has 3 rings (SSSR count). The minimum Gasteiger partial charge on any atom is -0.489 e. The molecule has 2 N–H and O–H groups in total. The highest BCUT2D eigenvalue weighted by molar-refractivity contribution is 7.80. The van der Waals surface area contributed by atoms with Gasteiger partial charge >= 0.3 is 0 Å². The maximum Gasteiger partial charge on any atom is 0.257 e. The number of carbonyl (C=O) groups excluding carboxylic acids is 1. The van der Waals surface area contributed by atoms with Crippen LogP contribution in [-0.2, 0) is 6.61 Å². The van der Waals surface area contributed by atoms with Gasteiger partial charge in [-0.1, -0.05) is 48.0 Å². The highest BCUT2D eigenvalue weighted by Gasteiger charge is 2.08. The summed E-state index contributed by atoms with van der Waals surface area (Å²) in [6.07, 6.45) is 0. The number of ether oxygens (including phenoxy) is 1. The first-order valence-electron chi connectivity index (χ1n) is 8.56. The summed E-state index contributed by atoms with van der Waals surface area (Å²) in [4.78, 5) is 12.2. The van der Waals surface area contributed by atoms with Gasteiger partial charge in [-0.3, -0.25) is 10.1 Å². The van der Waals surface area contributed by atoms with Crippen LogP contribution in [0.25, 0.3) is 0 Å². The third-order valence-electron chi connectivity index (χ3n) is 3.87. The van der Waals surface area contributed by atoms with Crippen LogP contribution in [0.1, 0.15) is 21.5 Å². The molecule has 0 spiro atoms. The van der Waals surface area contributed by atoms with E-state index < -0.39 is 0 Å². The molecule has 5 heteroatoms. The topological polar surface area (TPSA) is 50.4 Å². The van der Waals surface area contributed by atoms with E-state index in [1.807, 2.05) is 79.7 Å². The Balaban J connectivity index is 1.51. The Hall–Kier alpha value is -3.18. The van der Waals surface area contributed by atoms with Gasteiger partial charge in [0.25, 0.3) is 5.91 Å². The predicted molar refractivity (Wildman–Crippen MR) is 112 cm³/mol. The molecule has 0 radical (unpaired) electrons. The lowest BCUT2D eigenvalue weighted by molar-refractivity contribution is 0.0977. The lowest BCUT2D eigenvalue weighted by Gasteiger charge is -2.11. The lowest BCUT2D eigenvalue weighted by Crippen LogP contribution is -2.34. The minimum absolute atomic E-state index is 0.237. The Morgan fingerprint density at radius 3 is 2.41 bits per heavy atom. The van der Waals surface area contributed by atoms with Crippen molar-refractivity contribution >= 4 is 28.9 Å². The number of hydrogen-bond acceptors (Lipinski definition) is 3. The number of carbonyl (C=O) groups is 1. The third-order valence-corrected chi connectivity index (χ3v) is 4.07. The summed E-state index contributed by atoms with van der Waals surface area (Å²) >= 11 is 5.22. The van der Waals surface area contributed by atoms with Crippen LogP contribution < -0.4 is 15.4 Å². The molecule has 3 aromatic rings. The molecule has 0 fully saturated rings. The van der Waals surface area contributed by atoms with E-state index in [0.29, 0.717) is 12.2 Å². The zero-order chi connectivity index (χ0) is 19.1. The number of amides is 1. The summed E-state index contributed by atoms with van der Waals surface area (Å²) in [5, 5.41) is 5.93. The Bertz CT molecular complexity index is 925. The van der Waals surface area contributed by atoms with Crippen LogP contribution in [0.5, 0.6) is 5.75 Å². The average molecular weight is 376 g/mol. The Kier molecular flexibility index (Phi) is 6.18. The van der Waals surface area contributed by atoms with Crippen molar-refractivity contribution < 1.29 is 9.53 Å². The molecule has 136 valence electrons. The molecule has 0 saturated heterocycles. The van der Waals surface area contributed by atoms with E-state index in [-0.39, 0.29) is 11.0 Å². The summed E-state index contributed by atoms with van der Waals surface area (Å²) in [5.74, 6) is 0.526. The number of anilines is 1.